The first-order valence-electron chi connectivity index (χ1n) is 5.38. The van der Waals surface area contributed by atoms with Crippen LogP contribution in [0.5, 0.6) is 0 Å². The summed E-state index contributed by atoms with van der Waals surface area (Å²) in [6, 6.07) is 2.27. The number of hydrogen-bond acceptors (Lipinski definition) is 5. The number of carbonyl (C=O) groups is 1. The molecular weight excluding hydrogens is 312 g/mol. The lowest BCUT2D eigenvalue weighted by atomic mass is 10.2. The number of halogens is 2. The summed E-state index contributed by atoms with van der Waals surface area (Å²) in [5.74, 6) is -0.982. The van der Waals surface area contributed by atoms with Gasteiger partial charge in [-0.2, -0.15) is 0 Å². The van der Waals surface area contributed by atoms with Crippen molar-refractivity contribution in [3.8, 4) is 0 Å². The van der Waals surface area contributed by atoms with Gasteiger partial charge in [-0.3, -0.25) is 14.9 Å². The number of carbonyl (C=O) groups excluding carboxylic acids is 1. The molecule has 0 radical (unpaired) electrons. The molecule has 11 heteroatoms. The Morgan fingerprint density at radius 1 is 1.43 bits per heavy atom. The highest BCUT2D eigenvalue weighted by molar-refractivity contribution is 7.89. The minimum absolute atomic E-state index is 0.420. The Balaban J connectivity index is 3.32. The molecule has 21 heavy (non-hydrogen) atoms. The standard InChI is InChI=1S/C10H11F2N3O5S/c1-14(5-9(11)12)10(16)6-2-7(15(17)18)4-8(3-6)21(13,19)20/h2-4,9H,5H2,1H3,(H2,13,19,20). The van der Waals surface area contributed by atoms with Gasteiger partial charge >= 0.3 is 0 Å². The molecular formula is C10H11F2N3O5S. The number of hydrogen-bond donors (Lipinski definition) is 1. The van der Waals surface area contributed by atoms with E-state index in [0.717, 1.165) is 19.2 Å². The van der Waals surface area contributed by atoms with Gasteiger partial charge in [-0.1, -0.05) is 0 Å². The fourth-order valence-corrected chi connectivity index (χ4v) is 2.06. The summed E-state index contributed by atoms with van der Waals surface area (Å²) in [6.45, 7) is -0.897. The number of benzene rings is 1. The lowest BCUT2D eigenvalue weighted by Crippen LogP contribution is -2.31. The van der Waals surface area contributed by atoms with Crippen molar-refractivity contribution in [3.63, 3.8) is 0 Å². The molecule has 0 saturated heterocycles. The van der Waals surface area contributed by atoms with E-state index in [1.807, 2.05) is 0 Å². The zero-order valence-corrected chi connectivity index (χ0v) is 11.5. The second-order valence-corrected chi connectivity index (χ2v) is 5.66. The topological polar surface area (TPSA) is 124 Å². The van der Waals surface area contributed by atoms with Crippen LogP contribution in [0.2, 0.25) is 0 Å². The van der Waals surface area contributed by atoms with Crippen molar-refractivity contribution in [1.29, 1.82) is 0 Å². The number of amides is 1. The lowest BCUT2D eigenvalue weighted by Gasteiger charge is -2.16. The van der Waals surface area contributed by atoms with Crippen LogP contribution in [-0.4, -0.2) is 44.2 Å². The van der Waals surface area contributed by atoms with E-state index in [9.17, 15) is 32.1 Å². The molecule has 1 aromatic carbocycles. The summed E-state index contributed by atoms with van der Waals surface area (Å²) >= 11 is 0. The Hall–Kier alpha value is -2.14. The molecule has 0 heterocycles. The number of alkyl halides is 2. The molecule has 0 aliphatic rings. The molecule has 0 atom stereocenters. The first kappa shape index (κ1) is 16.9. The van der Waals surface area contributed by atoms with Crippen molar-refractivity contribution in [2.45, 2.75) is 11.3 Å². The van der Waals surface area contributed by atoms with Crippen molar-refractivity contribution < 1.29 is 26.9 Å². The molecule has 0 aliphatic heterocycles. The van der Waals surface area contributed by atoms with E-state index in [1.165, 1.54) is 0 Å². The highest BCUT2D eigenvalue weighted by Crippen LogP contribution is 2.21. The van der Waals surface area contributed by atoms with Gasteiger partial charge in [-0.05, 0) is 6.07 Å². The molecule has 0 unspecified atom stereocenters. The smallest absolute Gasteiger partial charge is 0.271 e. The zero-order chi connectivity index (χ0) is 16.4. The molecule has 0 saturated carbocycles. The Labute approximate surface area is 118 Å². The molecule has 0 aromatic heterocycles. The van der Waals surface area contributed by atoms with Crippen LogP contribution in [0.25, 0.3) is 0 Å². The molecule has 0 fully saturated rings. The second kappa shape index (κ2) is 6.10. The first-order valence-corrected chi connectivity index (χ1v) is 6.93. The lowest BCUT2D eigenvalue weighted by molar-refractivity contribution is -0.385. The third-order valence-corrected chi connectivity index (χ3v) is 3.33. The molecule has 0 aliphatic carbocycles. The summed E-state index contributed by atoms with van der Waals surface area (Å²) in [6.07, 6.45) is -2.80. The summed E-state index contributed by atoms with van der Waals surface area (Å²) in [7, 11) is -3.23. The number of nitro benzene ring substituents is 1. The van der Waals surface area contributed by atoms with Gasteiger partial charge in [-0.25, -0.2) is 22.3 Å². The predicted octanol–water partition coefficient (Wildman–Crippen LogP) is 0.579. The number of rotatable bonds is 5. The highest BCUT2D eigenvalue weighted by Gasteiger charge is 2.22. The largest absolute Gasteiger partial charge is 0.336 e. The average Bonchev–Trinajstić information content (AvgIpc) is 2.35. The fourth-order valence-electron chi connectivity index (χ4n) is 1.49. The molecule has 0 spiro atoms. The monoisotopic (exact) mass is 323 g/mol. The minimum Gasteiger partial charge on any atom is -0.336 e. The Morgan fingerprint density at radius 3 is 2.43 bits per heavy atom. The van der Waals surface area contributed by atoms with Crippen molar-refractivity contribution in [3.05, 3.63) is 33.9 Å². The number of primary sulfonamides is 1. The van der Waals surface area contributed by atoms with E-state index in [2.05, 4.69) is 0 Å². The van der Waals surface area contributed by atoms with Gasteiger partial charge in [0, 0.05) is 24.7 Å². The Kier molecular flexibility index (Phi) is 4.91. The molecule has 0 bridgehead atoms. The van der Waals surface area contributed by atoms with Gasteiger partial charge in [0.2, 0.25) is 10.0 Å². The Morgan fingerprint density at radius 2 is 2.00 bits per heavy atom. The van der Waals surface area contributed by atoms with Gasteiger partial charge in [0.05, 0.1) is 16.4 Å². The predicted molar refractivity (Wildman–Crippen MR) is 67.4 cm³/mol. The average molecular weight is 323 g/mol. The van der Waals surface area contributed by atoms with E-state index in [1.54, 1.807) is 0 Å². The van der Waals surface area contributed by atoms with Crippen LogP contribution in [0.15, 0.2) is 23.1 Å². The quantitative estimate of drug-likeness (QED) is 0.627. The van der Waals surface area contributed by atoms with Crippen LogP contribution in [0.1, 0.15) is 10.4 Å². The molecule has 116 valence electrons. The van der Waals surface area contributed by atoms with Crippen LogP contribution in [0.4, 0.5) is 14.5 Å². The van der Waals surface area contributed by atoms with Gasteiger partial charge in [-0.15, -0.1) is 0 Å². The van der Waals surface area contributed by atoms with Crippen molar-refractivity contribution in [1.82, 2.24) is 4.90 Å². The SMILES string of the molecule is CN(CC(F)F)C(=O)c1cc([N+](=O)[O-])cc(S(N)(=O)=O)c1. The molecule has 8 nitrogen and oxygen atoms in total. The van der Waals surface area contributed by atoms with E-state index < -0.39 is 50.0 Å². The third kappa shape index (κ3) is 4.43. The van der Waals surface area contributed by atoms with Gasteiger partial charge < -0.3 is 4.90 Å². The van der Waals surface area contributed by atoms with Crippen LogP contribution in [0.3, 0.4) is 0 Å². The summed E-state index contributed by atoms with van der Waals surface area (Å²) in [4.78, 5) is 21.7. The molecule has 2 N–H and O–H groups in total. The maximum atomic E-state index is 12.2. The van der Waals surface area contributed by atoms with Crippen LogP contribution in [0, 0.1) is 10.1 Å². The molecule has 1 aromatic rings. The van der Waals surface area contributed by atoms with Crippen molar-refractivity contribution >= 4 is 21.6 Å². The third-order valence-electron chi connectivity index (χ3n) is 2.44. The van der Waals surface area contributed by atoms with Gasteiger partial charge in [0.15, 0.2) is 0 Å². The van der Waals surface area contributed by atoms with Gasteiger partial charge in [0.25, 0.3) is 18.0 Å². The summed E-state index contributed by atoms with van der Waals surface area (Å²) in [5.41, 5.74) is -1.10. The zero-order valence-electron chi connectivity index (χ0n) is 10.7. The number of non-ortho nitro benzene ring substituents is 1. The highest BCUT2D eigenvalue weighted by atomic mass is 32.2. The summed E-state index contributed by atoms with van der Waals surface area (Å²) in [5, 5.41) is 15.6. The maximum Gasteiger partial charge on any atom is 0.271 e. The second-order valence-electron chi connectivity index (χ2n) is 4.09. The summed E-state index contributed by atoms with van der Waals surface area (Å²) < 4.78 is 46.9. The van der Waals surface area contributed by atoms with E-state index in [-0.39, 0.29) is 0 Å². The molecule has 1 rings (SSSR count). The number of nitrogens with two attached hydrogens (primary N) is 1. The number of nitrogens with zero attached hydrogens (tertiary/aromatic N) is 2. The van der Waals surface area contributed by atoms with Gasteiger partial charge in [0.1, 0.15) is 0 Å². The molecule has 1 amide bonds. The fraction of sp³-hybridized carbons (Fsp3) is 0.300. The van der Waals surface area contributed by atoms with Crippen LogP contribution < -0.4 is 5.14 Å². The first-order chi connectivity index (χ1) is 9.52. The maximum absolute atomic E-state index is 12.2. The van der Waals surface area contributed by atoms with E-state index >= 15 is 0 Å². The number of sulfonamides is 1. The van der Waals surface area contributed by atoms with Crippen molar-refractivity contribution in [2.24, 2.45) is 5.14 Å². The van der Waals surface area contributed by atoms with E-state index in [0.29, 0.717) is 11.0 Å². The number of nitro groups is 1. The van der Waals surface area contributed by atoms with Crippen molar-refractivity contribution in [2.75, 3.05) is 13.6 Å². The normalized spacial score (nSPS) is 11.5. The van der Waals surface area contributed by atoms with E-state index in [4.69, 9.17) is 5.14 Å². The van der Waals surface area contributed by atoms with Crippen LogP contribution >= 0.6 is 0 Å². The Bertz CT molecular complexity index is 677. The minimum atomic E-state index is -4.29. The van der Waals surface area contributed by atoms with Crippen LogP contribution in [-0.2, 0) is 10.0 Å².